The molecule has 1 saturated heterocycles. The van der Waals surface area contributed by atoms with Gasteiger partial charge in [0, 0.05) is 18.9 Å². The highest BCUT2D eigenvalue weighted by Crippen LogP contribution is 2.30. The van der Waals surface area contributed by atoms with Crippen LogP contribution in [0.5, 0.6) is 0 Å². The van der Waals surface area contributed by atoms with Crippen molar-refractivity contribution in [3.63, 3.8) is 0 Å². The average Bonchev–Trinajstić information content (AvgIpc) is 2.28. The van der Waals surface area contributed by atoms with Crippen molar-refractivity contribution in [2.24, 2.45) is 0 Å². The van der Waals surface area contributed by atoms with Crippen LogP contribution in [0.25, 0.3) is 0 Å². The molecule has 1 unspecified atom stereocenters. The van der Waals surface area contributed by atoms with E-state index < -0.39 is 10.1 Å². The molecular weight excluding hydrogens is 254 g/mol. The van der Waals surface area contributed by atoms with Gasteiger partial charge in [0.15, 0.2) is 0 Å². The van der Waals surface area contributed by atoms with E-state index in [1.54, 1.807) is 12.1 Å². The molecule has 0 spiro atoms. The molecule has 2 N–H and O–H groups in total. The number of benzene rings is 1. The van der Waals surface area contributed by atoms with Crippen LogP contribution >= 0.6 is 0 Å². The molecule has 1 aromatic rings. The van der Waals surface area contributed by atoms with Crippen LogP contribution in [0.1, 0.15) is 29.9 Å². The Morgan fingerprint density at radius 3 is 2.67 bits per heavy atom. The zero-order valence-electron chi connectivity index (χ0n) is 10.0. The summed E-state index contributed by atoms with van der Waals surface area (Å²) in [4.78, 5) is 11.0. The second-order valence-electron chi connectivity index (χ2n) is 4.56. The largest absolute Gasteiger partial charge is 0.355 e. The van der Waals surface area contributed by atoms with Crippen LogP contribution in [0.15, 0.2) is 23.1 Å². The first-order valence-electron chi connectivity index (χ1n) is 5.72. The highest BCUT2D eigenvalue weighted by Gasteiger charge is 2.25. The molecule has 0 aliphatic carbocycles. The standard InChI is InChI=1S/C12H15NO4S/c1-8-2-4-11(18(15,16)17)10(6-8)9-3-5-12(14)13-7-9/h2,4,6,9H,3,5,7H2,1H3,(H,13,14)(H,15,16,17). The van der Waals surface area contributed by atoms with Crippen molar-refractivity contribution < 1.29 is 17.8 Å². The molecule has 5 nitrogen and oxygen atoms in total. The molecule has 18 heavy (non-hydrogen) atoms. The van der Waals surface area contributed by atoms with Gasteiger partial charge in [0.25, 0.3) is 10.1 Å². The Balaban J connectivity index is 2.42. The van der Waals surface area contributed by atoms with E-state index in [9.17, 15) is 17.8 Å². The summed E-state index contributed by atoms with van der Waals surface area (Å²) < 4.78 is 31.9. The van der Waals surface area contributed by atoms with Gasteiger partial charge in [0.05, 0.1) is 4.90 Å². The first-order valence-corrected chi connectivity index (χ1v) is 7.16. The maximum atomic E-state index is 11.3. The lowest BCUT2D eigenvalue weighted by molar-refractivity contribution is -0.122. The molecule has 0 bridgehead atoms. The van der Waals surface area contributed by atoms with Gasteiger partial charge in [-0.15, -0.1) is 0 Å². The van der Waals surface area contributed by atoms with Gasteiger partial charge in [0.1, 0.15) is 0 Å². The number of piperidine rings is 1. The van der Waals surface area contributed by atoms with Gasteiger partial charge in [0.2, 0.25) is 5.91 Å². The molecule has 0 saturated carbocycles. The van der Waals surface area contributed by atoms with Gasteiger partial charge in [-0.25, -0.2) is 0 Å². The highest BCUT2D eigenvalue weighted by molar-refractivity contribution is 7.85. The number of carbonyl (C=O) groups excluding carboxylic acids is 1. The fourth-order valence-corrected chi connectivity index (χ4v) is 2.98. The normalized spacial score (nSPS) is 20.6. The molecule has 1 atom stereocenters. The third kappa shape index (κ3) is 2.70. The third-order valence-electron chi connectivity index (χ3n) is 3.15. The second-order valence-corrected chi connectivity index (χ2v) is 5.95. The minimum absolute atomic E-state index is 0.0210. The van der Waals surface area contributed by atoms with Crippen LogP contribution in [0, 0.1) is 6.92 Å². The fourth-order valence-electron chi connectivity index (χ4n) is 2.22. The molecular formula is C12H15NO4S. The summed E-state index contributed by atoms with van der Waals surface area (Å²) in [5, 5.41) is 2.71. The first-order chi connectivity index (χ1) is 8.38. The third-order valence-corrected chi connectivity index (χ3v) is 4.08. The SMILES string of the molecule is Cc1ccc(S(=O)(=O)O)c(C2CCC(=O)NC2)c1. The minimum Gasteiger partial charge on any atom is -0.355 e. The number of aryl methyl sites for hydroxylation is 1. The van der Waals surface area contributed by atoms with E-state index in [0.29, 0.717) is 24.9 Å². The van der Waals surface area contributed by atoms with E-state index in [1.165, 1.54) is 6.07 Å². The van der Waals surface area contributed by atoms with Crippen molar-refractivity contribution in [2.75, 3.05) is 6.54 Å². The summed E-state index contributed by atoms with van der Waals surface area (Å²) in [5.41, 5.74) is 1.51. The molecule has 0 radical (unpaired) electrons. The van der Waals surface area contributed by atoms with Crippen LogP contribution in [-0.4, -0.2) is 25.4 Å². The smallest absolute Gasteiger partial charge is 0.294 e. The van der Waals surface area contributed by atoms with E-state index >= 15 is 0 Å². The summed E-state index contributed by atoms with van der Waals surface area (Å²) in [6, 6.07) is 4.82. The lowest BCUT2D eigenvalue weighted by Gasteiger charge is -2.24. The summed E-state index contributed by atoms with van der Waals surface area (Å²) in [5.74, 6) is -0.0909. The van der Waals surface area contributed by atoms with Crippen LogP contribution in [0.2, 0.25) is 0 Å². The molecule has 98 valence electrons. The van der Waals surface area contributed by atoms with E-state index in [-0.39, 0.29) is 16.7 Å². The van der Waals surface area contributed by atoms with Crippen molar-refractivity contribution in [2.45, 2.75) is 30.6 Å². The van der Waals surface area contributed by atoms with Crippen LogP contribution < -0.4 is 5.32 Å². The Kier molecular flexibility index (Phi) is 3.41. The Hall–Kier alpha value is -1.40. The molecule has 1 fully saturated rings. The maximum absolute atomic E-state index is 11.3. The van der Waals surface area contributed by atoms with Crippen LogP contribution in [0.3, 0.4) is 0 Å². The van der Waals surface area contributed by atoms with Crippen molar-refractivity contribution in [1.82, 2.24) is 5.32 Å². The quantitative estimate of drug-likeness (QED) is 0.791. The molecule has 1 aliphatic heterocycles. The maximum Gasteiger partial charge on any atom is 0.294 e. The van der Waals surface area contributed by atoms with E-state index in [1.807, 2.05) is 6.92 Å². The Bertz CT molecular complexity index is 570. The molecule has 1 heterocycles. The van der Waals surface area contributed by atoms with Gasteiger partial charge >= 0.3 is 0 Å². The molecule has 6 heteroatoms. The second kappa shape index (κ2) is 4.70. The minimum atomic E-state index is -4.23. The lowest BCUT2D eigenvalue weighted by Crippen LogP contribution is -2.34. The molecule has 1 amide bonds. The number of carbonyl (C=O) groups is 1. The zero-order valence-corrected chi connectivity index (χ0v) is 10.8. The highest BCUT2D eigenvalue weighted by atomic mass is 32.2. The van der Waals surface area contributed by atoms with Crippen LogP contribution in [-0.2, 0) is 14.9 Å². The van der Waals surface area contributed by atoms with E-state index in [0.717, 1.165) is 5.56 Å². The molecule has 0 aromatic heterocycles. The Morgan fingerprint density at radius 2 is 2.11 bits per heavy atom. The van der Waals surface area contributed by atoms with E-state index in [4.69, 9.17) is 0 Å². The lowest BCUT2D eigenvalue weighted by atomic mass is 9.90. The van der Waals surface area contributed by atoms with Gasteiger partial charge in [-0.3, -0.25) is 9.35 Å². The number of amides is 1. The average molecular weight is 269 g/mol. The number of hydrogen-bond donors (Lipinski definition) is 2. The summed E-state index contributed by atoms with van der Waals surface area (Å²) in [7, 11) is -4.23. The zero-order chi connectivity index (χ0) is 13.3. The number of rotatable bonds is 2. The predicted molar refractivity (Wildman–Crippen MR) is 66.0 cm³/mol. The van der Waals surface area contributed by atoms with Crippen molar-refractivity contribution in [1.29, 1.82) is 0 Å². The summed E-state index contributed by atoms with van der Waals surface area (Å²) >= 11 is 0. The molecule has 1 aromatic carbocycles. The van der Waals surface area contributed by atoms with Crippen molar-refractivity contribution in [3.05, 3.63) is 29.3 Å². The Morgan fingerprint density at radius 1 is 1.39 bits per heavy atom. The van der Waals surface area contributed by atoms with Gasteiger partial charge in [-0.2, -0.15) is 8.42 Å². The van der Waals surface area contributed by atoms with Gasteiger partial charge < -0.3 is 5.32 Å². The van der Waals surface area contributed by atoms with Gasteiger partial charge in [-0.05, 0) is 25.0 Å². The topological polar surface area (TPSA) is 83.5 Å². The predicted octanol–water partition coefficient (Wildman–Crippen LogP) is 1.24. The summed E-state index contributed by atoms with van der Waals surface area (Å²) in [6.45, 7) is 2.27. The Labute approximate surface area is 106 Å². The van der Waals surface area contributed by atoms with E-state index in [2.05, 4.69) is 5.32 Å². The number of nitrogens with one attached hydrogen (secondary N) is 1. The fraction of sp³-hybridized carbons (Fsp3) is 0.417. The van der Waals surface area contributed by atoms with Crippen molar-refractivity contribution >= 4 is 16.0 Å². The van der Waals surface area contributed by atoms with Gasteiger partial charge in [-0.1, -0.05) is 17.7 Å². The number of hydrogen-bond acceptors (Lipinski definition) is 3. The first kappa shape index (κ1) is 13.0. The van der Waals surface area contributed by atoms with Crippen LogP contribution in [0.4, 0.5) is 0 Å². The molecule has 1 aliphatic rings. The molecule has 2 rings (SSSR count). The summed E-state index contributed by atoms with van der Waals surface area (Å²) in [6.07, 6.45) is 0.974. The van der Waals surface area contributed by atoms with Crippen molar-refractivity contribution in [3.8, 4) is 0 Å². The monoisotopic (exact) mass is 269 g/mol.